The minimum atomic E-state index is -3.73. The van der Waals surface area contributed by atoms with Gasteiger partial charge in [0.15, 0.2) is 0 Å². The van der Waals surface area contributed by atoms with Gasteiger partial charge in [-0.05, 0) is 29.2 Å². The van der Waals surface area contributed by atoms with Crippen molar-refractivity contribution in [3.05, 3.63) is 70.7 Å². The van der Waals surface area contributed by atoms with Crippen molar-refractivity contribution >= 4 is 57.7 Å². The van der Waals surface area contributed by atoms with Crippen LogP contribution >= 0.6 is 11.6 Å². The number of pyridine rings is 2. The number of halogens is 2. The molecule has 16 heteroatoms. The molecule has 1 aliphatic heterocycles. The average Bonchev–Trinajstić information content (AvgIpc) is 3.34. The molecule has 4 rings (SSSR count). The van der Waals surface area contributed by atoms with E-state index in [9.17, 15) is 22.9 Å². The number of nitrogens with one attached hydrogen (secondary N) is 5. The third kappa shape index (κ3) is 7.19. The zero-order valence-electron chi connectivity index (χ0n) is 23.6. The smallest absolute Gasteiger partial charge is 0.254 e. The lowest BCUT2D eigenvalue weighted by Gasteiger charge is -2.33. The molecule has 12 nitrogen and oxygen atoms in total. The molecule has 3 aromatic rings. The first-order chi connectivity index (χ1) is 19.6. The number of carbonyl (C=O) groups excluding carboxylic acids is 1. The lowest BCUT2D eigenvalue weighted by molar-refractivity contribution is -0.120. The first-order valence-corrected chi connectivity index (χ1v) is 15.0. The predicted octanol–water partition coefficient (Wildman–Crippen LogP) is 1.89. The van der Waals surface area contributed by atoms with Crippen LogP contribution in [0.1, 0.15) is 31.9 Å². The first kappa shape index (κ1) is 30.8. The fraction of sp³-hybridized carbons (Fsp3) is 0.308. The fourth-order valence-corrected chi connectivity index (χ4v) is 5.05. The maximum Gasteiger partial charge on any atom is 0.254 e. The van der Waals surface area contributed by atoms with Gasteiger partial charge in [-0.15, -0.1) is 5.53 Å². The summed E-state index contributed by atoms with van der Waals surface area (Å²) in [6.45, 7) is 6.47. The number of nitriles is 1. The molecular formula is C26H30BClFN9O3S. The van der Waals surface area contributed by atoms with E-state index in [4.69, 9.17) is 11.6 Å². The Hall–Kier alpha value is -4.13. The van der Waals surface area contributed by atoms with Crippen LogP contribution in [-0.2, 0) is 20.3 Å². The zero-order valence-corrected chi connectivity index (χ0v) is 25.2. The number of nitrogens with zero attached hydrogens (tertiary/aromatic N) is 4. The number of anilines is 2. The van der Waals surface area contributed by atoms with E-state index < -0.39 is 27.3 Å². The monoisotopic (exact) mass is 613 g/mol. The molecule has 1 unspecified atom stereocenters. The van der Waals surface area contributed by atoms with E-state index in [2.05, 4.69) is 58.4 Å². The molecule has 3 heterocycles. The highest BCUT2D eigenvalue weighted by molar-refractivity contribution is 7.89. The van der Waals surface area contributed by atoms with Gasteiger partial charge in [-0.1, -0.05) is 38.4 Å². The highest BCUT2D eigenvalue weighted by Gasteiger charge is 2.35. The van der Waals surface area contributed by atoms with Crippen molar-refractivity contribution in [1.82, 2.24) is 30.7 Å². The van der Waals surface area contributed by atoms with Crippen LogP contribution in [0.25, 0.3) is 10.9 Å². The van der Waals surface area contributed by atoms with Crippen LogP contribution in [-0.4, -0.2) is 56.5 Å². The van der Waals surface area contributed by atoms with Gasteiger partial charge in [0.05, 0.1) is 39.2 Å². The summed E-state index contributed by atoms with van der Waals surface area (Å²) >= 11 is 6.69. The van der Waals surface area contributed by atoms with E-state index in [1.54, 1.807) is 18.3 Å². The number of carbonyl (C=O) groups is 1. The van der Waals surface area contributed by atoms with Crippen molar-refractivity contribution in [2.24, 2.45) is 5.41 Å². The van der Waals surface area contributed by atoms with Gasteiger partial charge in [0.25, 0.3) is 5.91 Å². The fourth-order valence-electron chi connectivity index (χ4n) is 4.30. The van der Waals surface area contributed by atoms with Crippen LogP contribution in [0.15, 0.2) is 48.6 Å². The average molecular weight is 614 g/mol. The van der Waals surface area contributed by atoms with Crippen LogP contribution in [0.2, 0.25) is 5.02 Å². The molecule has 0 radical (unpaired) electrons. The van der Waals surface area contributed by atoms with Crippen LogP contribution in [0.3, 0.4) is 0 Å². The van der Waals surface area contributed by atoms with Crippen LogP contribution in [0.5, 0.6) is 0 Å². The Labute approximate surface area is 249 Å². The summed E-state index contributed by atoms with van der Waals surface area (Å²) in [5, 5.41) is 18.9. The lowest BCUT2D eigenvalue weighted by Crippen LogP contribution is -2.47. The molecule has 0 spiro atoms. The van der Waals surface area contributed by atoms with Crippen LogP contribution in [0.4, 0.5) is 15.8 Å². The standard InChI is InChI=1S/C26H30BClFN9O3S/c1-25(2,3)14-33-23-15(9-30)10-32-24-18(23)7-17(8-19(24)28)34-26(27,16-5-6-21(29)31-11-16)20-12-38(37-35-20)13-22(39)36-42(4,40)41/h5-8,10-12,34-35,37H,13-14,27H2,1-4H3,(H,32,33)(H,36,39). The molecule has 0 aliphatic carbocycles. The second-order valence-electron chi connectivity index (χ2n) is 11.3. The molecule has 1 aliphatic rings. The lowest BCUT2D eigenvalue weighted by atomic mass is 9.70. The number of amides is 1. The molecule has 2 aromatic heterocycles. The molecule has 0 saturated carbocycles. The van der Waals surface area contributed by atoms with Gasteiger partial charge in [-0.2, -0.15) is 9.65 Å². The normalized spacial score (nSPS) is 14.9. The van der Waals surface area contributed by atoms with Crippen molar-refractivity contribution < 1.29 is 17.6 Å². The second kappa shape index (κ2) is 11.6. The number of hydrazine groups is 2. The third-order valence-corrected chi connectivity index (χ3v) is 7.20. The molecule has 0 fully saturated rings. The maximum atomic E-state index is 13.8. The Bertz CT molecular complexity index is 1710. The highest BCUT2D eigenvalue weighted by atomic mass is 35.5. The largest absolute Gasteiger partial charge is 0.383 e. The Morgan fingerprint density at radius 1 is 1.24 bits per heavy atom. The Morgan fingerprint density at radius 2 is 1.98 bits per heavy atom. The molecule has 1 atom stereocenters. The Kier molecular flexibility index (Phi) is 8.54. The zero-order chi connectivity index (χ0) is 30.9. The van der Waals surface area contributed by atoms with E-state index in [0.29, 0.717) is 50.7 Å². The molecule has 220 valence electrons. The van der Waals surface area contributed by atoms with Gasteiger partial charge in [0.2, 0.25) is 16.0 Å². The van der Waals surface area contributed by atoms with E-state index >= 15 is 0 Å². The molecule has 0 saturated heterocycles. The number of benzene rings is 1. The van der Waals surface area contributed by atoms with Gasteiger partial charge < -0.3 is 16.1 Å². The quantitative estimate of drug-likeness (QED) is 0.177. The molecule has 1 amide bonds. The summed E-state index contributed by atoms with van der Waals surface area (Å²) in [7, 11) is -1.92. The van der Waals surface area contributed by atoms with Crippen molar-refractivity contribution in [1.29, 1.82) is 5.26 Å². The van der Waals surface area contributed by atoms with Crippen molar-refractivity contribution in [3.63, 3.8) is 0 Å². The summed E-state index contributed by atoms with van der Waals surface area (Å²) in [4.78, 5) is 20.4. The highest BCUT2D eigenvalue weighted by Crippen LogP contribution is 2.37. The SMILES string of the molecule is BC(Nc1cc(Cl)c2ncc(C#N)c(NCC(C)(C)C)c2c1)(C1=CN(CC(=O)NS(C)(=O)=O)NN1)c1ccc(F)nc1. The number of rotatable bonds is 9. The van der Waals surface area contributed by atoms with Crippen molar-refractivity contribution in [2.45, 2.75) is 26.2 Å². The van der Waals surface area contributed by atoms with Gasteiger partial charge in [0, 0.05) is 36.2 Å². The summed E-state index contributed by atoms with van der Waals surface area (Å²) in [5.74, 6) is -1.41. The molecule has 5 N–H and O–H groups in total. The number of sulfonamides is 1. The summed E-state index contributed by atoms with van der Waals surface area (Å²) in [6.07, 6.45) is 5.32. The van der Waals surface area contributed by atoms with E-state index in [-0.39, 0.29) is 12.0 Å². The number of fused-ring (bicyclic) bond motifs is 1. The molecule has 1 aromatic carbocycles. The summed E-state index contributed by atoms with van der Waals surface area (Å²) in [6, 6.07) is 8.47. The van der Waals surface area contributed by atoms with E-state index in [1.807, 2.05) is 18.6 Å². The minimum absolute atomic E-state index is 0.0756. The van der Waals surface area contributed by atoms with Gasteiger partial charge in [0.1, 0.15) is 20.5 Å². The van der Waals surface area contributed by atoms with Gasteiger partial charge >= 0.3 is 0 Å². The minimum Gasteiger partial charge on any atom is -0.383 e. The van der Waals surface area contributed by atoms with Crippen LogP contribution < -0.4 is 26.3 Å². The topological polar surface area (TPSA) is 164 Å². The van der Waals surface area contributed by atoms with Crippen LogP contribution in [0, 0.1) is 22.7 Å². The first-order valence-electron chi connectivity index (χ1n) is 12.8. The molecule has 42 heavy (non-hydrogen) atoms. The summed E-state index contributed by atoms with van der Waals surface area (Å²) < 4.78 is 38.6. The Morgan fingerprint density at radius 3 is 2.60 bits per heavy atom. The van der Waals surface area contributed by atoms with E-state index in [0.717, 1.165) is 6.26 Å². The van der Waals surface area contributed by atoms with E-state index in [1.165, 1.54) is 23.5 Å². The number of hydrogen-bond acceptors (Lipinski definition) is 11. The molecular weight excluding hydrogens is 584 g/mol. The maximum absolute atomic E-state index is 13.8. The van der Waals surface area contributed by atoms with Crippen molar-refractivity contribution in [3.8, 4) is 6.07 Å². The summed E-state index contributed by atoms with van der Waals surface area (Å²) in [5.41, 5.74) is 7.67. The number of aromatic nitrogens is 2. The third-order valence-electron chi connectivity index (χ3n) is 6.31. The second-order valence-corrected chi connectivity index (χ2v) is 13.4. The molecule has 0 bridgehead atoms. The Balaban J connectivity index is 1.77. The van der Waals surface area contributed by atoms with Crippen molar-refractivity contribution in [2.75, 3.05) is 30.0 Å². The number of hydrogen-bond donors (Lipinski definition) is 5. The van der Waals surface area contributed by atoms with Gasteiger partial charge in [-0.3, -0.25) is 19.5 Å². The predicted molar refractivity (Wildman–Crippen MR) is 161 cm³/mol. The van der Waals surface area contributed by atoms with Gasteiger partial charge in [-0.25, -0.2) is 13.4 Å².